The van der Waals surface area contributed by atoms with Crippen LogP contribution in [0.25, 0.3) is 11.0 Å². The lowest BCUT2D eigenvalue weighted by atomic mass is 10.1. The summed E-state index contributed by atoms with van der Waals surface area (Å²) in [5.41, 5.74) is 4.80. The van der Waals surface area contributed by atoms with Crippen LogP contribution in [-0.4, -0.2) is 32.5 Å². The van der Waals surface area contributed by atoms with Gasteiger partial charge in [-0.15, -0.1) is 0 Å². The molecule has 5 nitrogen and oxygen atoms in total. The zero-order valence-electron chi connectivity index (χ0n) is 12.1. The number of hydrogen-bond acceptors (Lipinski definition) is 4. The van der Waals surface area contributed by atoms with Gasteiger partial charge >= 0.3 is 0 Å². The van der Waals surface area contributed by atoms with Gasteiger partial charge in [-0.05, 0) is 26.3 Å². The fraction of sp³-hybridized carbons (Fsp3) is 0.429. The third kappa shape index (κ3) is 2.54. The molecular formula is C14H19N5. The van der Waals surface area contributed by atoms with Gasteiger partial charge in [-0.25, -0.2) is 9.97 Å². The molecule has 5 heteroatoms. The maximum absolute atomic E-state index is 4.58. The summed E-state index contributed by atoms with van der Waals surface area (Å²) in [6.45, 7) is 6.16. The first-order valence-electron chi connectivity index (χ1n) is 6.37. The minimum atomic E-state index is 0.652. The maximum Gasteiger partial charge on any atom is 0.178 e. The third-order valence-corrected chi connectivity index (χ3v) is 3.17. The van der Waals surface area contributed by atoms with Gasteiger partial charge in [0.05, 0.1) is 11.9 Å². The zero-order valence-corrected chi connectivity index (χ0v) is 12.1. The van der Waals surface area contributed by atoms with Gasteiger partial charge in [0.1, 0.15) is 16.7 Å². The highest BCUT2D eigenvalue weighted by Gasteiger charge is 2.10. The number of nitrogens with zero attached hydrogens (tertiary/aromatic N) is 5. The molecule has 0 saturated carbocycles. The topological polar surface area (TPSA) is 56.0 Å². The normalized spacial score (nSPS) is 13.3. The van der Waals surface area contributed by atoms with Crippen molar-refractivity contribution in [2.75, 3.05) is 7.05 Å². The van der Waals surface area contributed by atoms with E-state index in [0.29, 0.717) is 5.82 Å². The van der Waals surface area contributed by atoms with Crippen molar-refractivity contribution in [2.24, 2.45) is 12.0 Å². The van der Waals surface area contributed by atoms with E-state index in [4.69, 9.17) is 0 Å². The van der Waals surface area contributed by atoms with Crippen molar-refractivity contribution in [2.45, 2.75) is 27.2 Å². The number of aromatic nitrogens is 4. The summed E-state index contributed by atoms with van der Waals surface area (Å²) in [7, 11) is 3.66. The summed E-state index contributed by atoms with van der Waals surface area (Å²) >= 11 is 0. The number of rotatable bonds is 3. The Balaban J connectivity index is 2.54. The number of fused-ring (bicyclic) bond motifs is 1. The molecule has 0 atom stereocenters. The van der Waals surface area contributed by atoms with E-state index in [1.165, 1.54) is 5.57 Å². The summed E-state index contributed by atoms with van der Waals surface area (Å²) in [6, 6.07) is 0. The molecule has 100 valence electrons. The van der Waals surface area contributed by atoms with Gasteiger partial charge in [0.25, 0.3) is 0 Å². The predicted molar refractivity (Wildman–Crippen MR) is 77.6 cm³/mol. The van der Waals surface area contributed by atoms with Crippen molar-refractivity contribution in [3.8, 4) is 0 Å². The minimum absolute atomic E-state index is 0.652. The molecule has 0 saturated heterocycles. The Hall–Kier alpha value is -2.04. The first kappa shape index (κ1) is 13.4. The van der Waals surface area contributed by atoms with Crippen molar-refractivity contribution < 1.29 is 0 Å². The number of aryl methyl sites for hydroxylation is 2. The summed E-state index contributed by atoms with van der Waals surface area (Å²) < 4.78 is 1.80. The lowest BCUT2D eigenvalue weighted by molar-refractivity contribution is 0.782. The Morgan fingerprint density at radius 1 is 1.47 bits per heavy atom. The Kier molecular flexibility index (Phi) is 3.74. The van der Waals surface area contributed by atoms with Gasteiger partial charge < -0.3 is 0 Å². The fourth-order valence-electron chi connectivity index (χ4n) is 1.89. The number of allylic oxidation sites excluding steroid dienone is 2. The van der Waals surface area contributed by atoms with Crippen LogP contribution in [0.2, 0.25) is 0 Å². The molecule has 2 rings (SSSR count). The predicted octanol–water partition coefficient (Wildman–Crippen LogP) is 2.45. The molecule has 2 aromatic rings. The fourth-order valence-corrected chi connectivity index (χ4v) is 1.89. The number of aliphatic imine (C=N–C) groups is 1. The lowest BCUT2D eigenvalue weighted by Crippen LogP contribution is -2.05. The molecule has 19 heavy (non-hydrogen) atoms. The van der Waals surface area contributed by atoms with E-state index in [2.05, 4.69) is 33.9 Å². The smallest absolute Gasteiger partial charge is 0.178 e. The molecule has 0 aliphatic carbocycles. The summed E-state index contributed by atoms with van der Waals surface area (Å²) in [6.07, 6.45) is 4.83. The van der Waals surface area contributed by atoms with Crippen molar-refractivity contribution in [3.63, 3.8) is 0 Å². The molecule has 0 amide bonds. The van der Waals surface area contributed by atoms with Crippen molar-refractivity contribution in [1.82, 2.24) is 19.7 Å². The summed E-state index contributed by atoms with van der Waals surface area (Å²) in [4.78, 5) is 13.3. The quantitative estimate of drug-likeness (QED) is 0.794. The first-order chi connectivity index (χ1) is 9.06. The van der Waals surface area contributed by atoms with Crippen LogP contribution in [0.5, 0.6) is 0 Å². The van der Waals surface area contributed by atoms with Crippen LogP contribution >= 0.6 is 0 Å². The molecule has 0 aliphatic rings. The second-order valence-corrected chi connectivity index (χ2v) is 4.59. The summed E-state index contributed by atoms with van der Waals surface area (Å²) in [5, 5.41) is 4.35. The molecule has 0 aromatic carbocycles. The average molecular weight is 257 g/mol. The molecule has 0 radical (unpaired) electrons. The van der Waals surface area contributed by atoms with Gasteiger partial charge in [0.15, 0.2) is 5.82 Å². The number of hydrogen-bond donors (Lipinski definition) is 0. The van der Waals surface area contributed by atoms with E-state index >= 15 is 0 Å². The highest BCUT2D eigenvalue weighted by molar-refractivity contribution is 6.07. The molecule has 2 heterocycles. The van der Waals surface area contributed by atoms with E-state index in [-0.39, 0.29) is 0 Å². The van der Waals surface area contributed by atoms with Crippen LogP contribution in [0.4, 0.5) is 0 Å². The van der Waals surface area contributed by atoms with E-state index in [1.54, 1.807) is 17.9 Å². The van der Waals surface area contributed by atoms with Gasteiger partial charge in [-0.1, -0.05) is 12.5 Å². The Labute approximate surface area is 113 Å². The average Bonchev–Trinajstić information content (AvgIpc) is 2.70. The standard InChI is InChI=1S/C14H19N5/c1-6-9(2)7-11(15-4)14-16-8-12-13(17-14)10(3)18-19(12)5/h7-8H,6H2,1-5H3/b9-7-,15-11?. The van der Waals surface area contributed by atoms with E-state index in [1.807, 2.05) is 20.0 Å². The zero-order chi connectivity index (χ0) is 14.0. The van der Waals surface area contributed by atoms with E-state index in [9.17, 15) is 0 Å². The van der Waals surface area contributed by atoms with E-state index in [0.717, 1.165) is 28.9 Å². The first-order valence-corrected chi connectivity index (χ1v) is 6.37. The Morgan fingerprint density at radius 2 is 2.21 bits per heavy atom. The maximum atomic E-state index is 4.58. The van der Waals surface area contributed by atoms with E-state index < -0.39 is 0 Å². The molecule has 0 bridgehead atoms. The van der Waals surface area contributed by atoms with Gasteiger partial charge in [0.2, 0.25) is 0 Å². The molecule has 0 aliphatic heterocycles. The second kappa shape index (κ2) is 5.30. The Bertz CT molecular complexity index is 664. The highest BCUT2D eigenvalue weighted by Crippen LogP contribution is 2.14. The minimum Gasteiger partial charge on any atom is -0.285 e. The molecule has 2 aromatic heterocycles. The van der Waals surface area contributed by atoms with Gasteiger partial charge in [-0.2, -0.15) is 5.10 Å². The van der Waals surface area contributed by atoms with Crippen LogP contribution in [0.1, 0.15) is 31.8 Å². The van der Waals surface area contributed by atoms with Crippen LogP contribution in [-0.2, 0) is 7.05 Å². The molecule has 0 unspecified atom stereocenters. The van der Waals surface area contributed by atoms with Crippen LogP contribution in [0, 0.1) is 6.92 Å². The monoisotopic (exact) mass is 257 g/mol. The van der Waals surface area contributed by atoms with Gasteiger partial charge in [-0.3, -0.25) is 9.67 Å². The third-order valence-electron chi connectivity index (χ3n) is 3.17. The molecule has 0 fully saturated rings. The van der Waals surface area contributed by atoms with Crippen LogP contribution in [0.3, 0.4) is 0 Å². The largest absolute Gasteiger partial charge is 0.285 e. The van der Waals surface area contributed by atoms with Crippen molar-refractivity contribution in [1.29, 1.82) is 0 Å². The molecule has 0 spiro atoms. The Morgan fingerprint density at radius 3 is 2.84 bits per heavy atom. The SMILES string of the molecule is CC/C(C)=C\C(=NC)c1ncc2c(n1)c(C)nn2C. The molecular weight excluding hydrogens is 238 g/mol. The lowest BCUT2D eigenvalue weighted by Gasteiger charge is -2.02. The summed E-state index contributed by atoms with van der Waals surface area (Å²) in [5.74, 6) is 0.652. The van der Waals surface area contributed by atoms with Crippen LogP contribution < -0.4 is 0 Å². The van der Waals surface area contributed by atoms with Crippen molar-refractivity contribution >= 4 is 16.7 Å². The van der Waals surface area contributed by atoms with Crippen molar-refractivity contribution in [3.05, 3.63) is 29.4 Å². The van der Waals surface area contributed by atoms with Gasteiger partial charge in [0, 0.05) is 14.1 Å². The van der Waals surface area contributed by atoms with Crippen LogP contribution in [0.15, 0.2) is 22.8 Å². The highest BCUT2D eigenvalue weighted by atomic mass is 15.3. The second-order valence-electron chi connectivity index (χ2n) is 4.59. The molecule has 0 N–H and O–H groups in total.